The van der Waals surface area contributed by atoms with E-state index in [0.29, 0.717) is 30.1 Å². The SMILES string of the molecule is CCn1c(=NC(=O)C2CCN(S(=O)(=O)c3ccc(F)cc3)CC2)sc2cc(C(C)C)ccc21. The number of nitrogens with zero attached hydrogens (tertiary/aromatic N) is 3. The molecule has 1 amide bonds. The van der Waals surface area contributed by atoms with Crippen molar-refractivity contribution in [2.75, 3.05) is 13.1 Å². The lowest BCUT2D eigenvalue weighted by Gasteiger charge is -2.29. The van der Waals surface area contributed by atoms with Gasteiger partial charge in [0, 0.05) is 25.6 Å². The highest BCUT2D eigenvalue weighted by atomic mass is 32.2. The summed E-state index contributed by atoms with van der Waals surface area (Å²) in [4.78, 5) is 18.2. The zero-order chi connectivity index (χ0) is 23.8. The van der Waals surface area contributed by atoms with Gasteiger partial charge in [-0.3, -0.25) is 4.79 Å². The predicted octanol–water partition coefficient (Wildman–Crippen LogP) is 4.51. The summed E-state index contributed by atoms with van der Waals surface area (Å²) < 4.78 is 43.3. The Morgan fingerprint density at radius 1 is 1.15 bits per heavy atom. The molecule has 4 rings (SSSR count). The molecule has 2 heterocycles. The maximum Gasteiger partial charge on any atom is 0.251 e. The summed E-state index contributed by atoms with van der Waals surface area (Å²) in [7, 11) is -3.70. The Morgan fingerprint density at radius 3 is 2.42 bits per heavy atom. The van der Waals surface area contributed by atoms with Crippen molar-refractivity contribution in [2.45, 2.75) is 51.0 Å². The fourth-order valence-corrected chi connectivity index (χ4v) is 6.74. The molecule has 1 fully saturated rings. The van der Waals surface area contributed by atoms with Crippen LogP contribution >= 0.6 is 11.3 Å². The molecule has 1 aliphatic rings. The molecule has 1 saturated heterocycles. The van der Waals surface area contributed by atoms with E-state index in [0.717, 1.165) is 22.3 Å². The van der Waals surface area contributed by atoms with Gasteiger partial charge in [0.05, 0.1) is 15.1 Å². The highest BCUT2D eigenvalue weighted by Crippen LogP contribution is 2.26. The summed E-state index contributed by atoms with van der Waals surface area (Å²) in [5.41, 5.74) is 2.32. The number of thiazole rings is 1. The molecule has 9 heteroatoms. The summed E-state index contributed by atoms with van der Waals surface area (Å²) >= 11 is 1.51. The zero-order valence-electron chi connectivity index (χ0n) is 19.0. The molecule has 0 aliphatic carbocycles. The Morgan fingerprint density at radius 2 is 1.82 bits per heavy atom. The van der Waals surface area contributed by atoms with E-state index in [4.69, 9.17) is 0 Å². The summed E-state index contributed by atoms with van der Waals surface area (Å²) in [6.07, 6.45) is 0.828. The maximum absolute atomic E-state index is 13.2. The number of aromatic nitrogens is 1. The molecule has 0 spiro atoms. The third kappa shape index (κ3) is 4.81. The minimum absolute atomic E-state index is 0.0633. The Kier molecular flexibility index (Phi) is 6.83. The molecule has 1 aliphatic heterocycles. The van der Waals surface area contributed by atoms with E-state index in [1.54, 1.807) is 0 Å². The first-order chi connectivity index (χ1) is 15.7. The third-order valence-corrected chi connectivity index (χ3v) is 9.10. The van der Waals surface area contributed by atoms with E-state index < -0.39 is 15.8 Å². The van der Waals surface area contributed by atoms with E-state index in [1.807, 2.05) is 6.92 Å². The highest BCUT2D eigenvalue weighted by Gasteiger charge is 2.32. The second kappa shape index (κ2) is 9.48. The van der Waals surface area contributed by atoms with Crippen molar-refractivity contribution in [1.82, 2.24) is 8.87 Å². The van der Waals surface area contributed by atoms with Gasteiger partial charge in [-0.25, -0.2) is 12.8 Å². The zero-order valence-corrected chi connectivity index (χ0v) is 20.6. The Balaban J connectivity index is 1.52. The van der Waals surface area contributed by atoms with Crippen molar-refractivity contribution in [3.63, 3.8) is 0 Å². The Bertz CT molecular complexity index is 1330. The summed E-state index contributed by atoms with van der Waals surface area (Å²) in [5.74, 6) is -0.575. The molecule has 1 aromatic heterocycles. The number of aryl methyl sites for hydroxylation is 1. The minimum Gasteiger partial charge on any atom is -0.317 e. The number of hydrogen-bond donors (Lipinski definition) is 0. The van der Waals surface area contributed by atoms with E-state index in [1.165, 1.54) is 33.3 Å². The van der Waals surface area contributed by atoms with Crippen molar-refractivity contribution in [1.29, 1.82) is 0 Å². The summed E-state index contributed by atoms with van der Waals surface area (Å²) in [6.45, 7) is 7.53. The molecule has 176 valence electrons. The quantitative estimate of drug-likeness (QED) is 0.529. The van der Waals surface area contributed by atoms with Crippen molar-refractivity contribution in [3.8, 4) is 0 Å². The van der Waals surface area contributed by atoms with Crippen LogP contribution in [0.5, 0.6) is 0 Å². The van der Waals surface area contributed by atoms with E-state index >= 15 is 0 Å². The number of carbonyl (C=O) groups excluding carboxylic acids is 1. The van der Waals surface area contributed by atoms with E-state index in [2.05, 4.69) is 41.6 Å². The number of sulfonamides is 1. The van der Waals surface area contributed by atoms with Crippen molar-refractivity contribution in [3.05, 3.63) is 58.6 Å². The van der Waals surface area contributed by atoms with Gasteiger partial charge >= 0.3 is 0 Å². The van der Waals surface area contributed by atoms with Gasteiger partial charge in [-0.05, 0) is 67.6 Å². The normalized spacial score (nSPS) is 16.7. The smallest absolute Gasteiger partial charge is 0.251 e. The van der Waals surface area contributed by atoms with Gasteiger partial charge in [0.1, 0.15) is 5.82 Å². The van der Waals surface area contributed by atoms with Crippen molar-refractivity contribution < 1.29 is 17.6 Å². The van der Waals surface area contributed by atoms with Crippen LogP contribution in [0.1, 0.15) is 45.1 Å². The molecule has 33 heavy (non-hydrogen) atoms. The highest BCUT2D eigenvalue weighted by molar-refractivity contribution is 7.89. The molecule has 0 bridgehead atoms. The van der Waals surface area contributed by atoms with Crippen LogP contribution in [0.15, 0.2) is 52.4 Å². The van der Waals surface area contributed by atoms with Crippen LogP contribution < -0.4 is 4.80 Å². The largest absolute Gasteiger partial charge is 0.317 e. The molecule has 0 N–H and O–H groups in total. The maximum atomic E-state index is 13.2. The van der Waals surface area contributed by atoms with Gasteiger partial charge in [0.25, 0.3) is 5.91 Å². The average molecular weight is 490 g/mol. The third-order valence-electron chi connectivity index (χ3n) is 6.15. The topological polar surface area (TPSA) is 71.7 Å². The molecule has 3 aromatic rings. The average Bonchev–Trinajstić information content (AvgIpc) is 3.15. The number of rotatable bonds is 5. The number of benzene rings is 2. The van der Waals surface area contributed by atoms with Crippen molar-refractivity contribution >= 4 is 37.5 Å². The number of carbonyl (C=O) groups is 1. The first kappa shape index (κ1) is 23.8. The minimum atomic E-state index is -3.70. The van der Waals surface area contributed by atoms with E-state index in [-0.39, 0.29) is 29.8 Å². The Hall–Kier alpha value is -2.36. The molecule has 0 unspecified atom stereocenters. The van der Waals surface area contributed by atoms with Gasteiger partial charge in [0.2, 0.25) is 10.0 Å². The van der Waals surface area contributed by atoms with Gasteiger partial charge < -0.3 is 4.57 Å². The molecule has 0 saturated carbocycles. The first-order valence-corrected chi connectivity index (χ1v) is 13.4. The second-order valence-electron chi connectivity index (χ2n) is 8.59. The van der Waals surface area contributed by atoms with Crippen LogP contribution in [0.25, 0.3) is 10.2 Å². The number of piperidine rings is 1. The Labute approximate surface area is 197 Å². The predicted molar refractivity (Wildman–Crippen MR) is 128 cm³/mol. The lowest BCUT2D eigenvalue weighted by Crippen LogP contribution is -2.40. The number of fused-ring (bicyclic) bond motifs is 1. The van der Waals surface area contributed by atoms with Crippen LogP contribution in [0.3, 0.4) is 0 Å². The molecule has 2 aromatic carbocycles. The molecule has 6 nitrogen and oxygen atoms in total. The lowest BCUT2D eigenvalue weighted by molar-refractivity contribution is -0.122. The summed E-state index contributed by atoms with van der Waals surface area (Å²) in [6, 6.07) is 11.2. The monoisotopic (exact) mass is 489 g/mol. The summed E-state index contributed by atoms with van der Waals surface area (Å²) in [5, 5.41) is 0. The van der Waals surface area contributed by atoms with Gasteiger partial charge in [-0.2, -0.15) is 9.30 Å². The van der Waals surface area contributed by atoms with Gasteiger partial charge in [-0.15, -0.1) is 0 Å². The molecule has 0 radical (unpaired) electrons. The number of amides is 1. The van der Waals surface area contributed by atoms with E-state index in [9.17, 15) is 17.6 Å². The van der Waals surface area contributed by atoms with Crippen LogP contribution in [-0.2, 0) is 21.4 Å². The van der Waals surface area contributed by atoms with Crippen LogP contribution in [0, 0.1) is 11.7 Å². The first-order valence-electron chi connectivity index (χ1n) is 11.2. The van der Waals surface area contributed by atoms with Crippen molar-refractivity contribution in [2.24, 2.45) is 10.9 Å². The van der Waals surface area contributed by atoms with Crippen LogP contribution in [0.4, 0.5) is 4.39 Å². The van der Waals surface area contributed by atoms with Crippen LogP contribution in [0.2, 0.25) is 0 Å². The molecular weight excluding hydrogens is 461 g/mol. The fraction of sp³-hybridized carbons (Fsp3) is 0.417. The lowest BCUT2D eigenvalue weighted by atomic mass is 9.98. The standard InChI is InChI=1S/C24H28FN3O3S2/c1-4-28-21-10-5-18(16(2)3)15-22(21)32-24(28)26-23(29)17-11-13-27(14-12-17)33(30,31)20-8-6-19(25)7-9-20/h5-10,15-17H,4,11-14H2,1-3H3. The fourth-order valence-electron chi connectivity index (χ4n) is 4.12. The number of hydrogen-bond acceptors (Lipinski definition) is 4. The number of halogens is 1. The second-order valence-corrected chi connectivity index (χ2v) is 11.5. The van der Waals surface area contributed by atoms with Gasteiger partial charge in [-0.1, -0.05) is 31.3 Å². The molecule has 0 atom stereocenters. The van der Waals surface area contributed by atoms with Crippen LogP contribution in [-0.4, -0.2) is 36.3 Å². The van der Waals surface area contributed by atoms with Gasteiger partial charge in [0.15, 0.2) is 4.80 Å². The molecular formula is C24H28FN3O3S2.